The normalized spacial score (nSPS) is 10.9. The Morgan fingerprint density at radius 2 is 1.48 bits per heavy atom. The molecule has 0 heterocycles. The Balaban J connectivity index is 1.93. The summed E-state index contributed by atoms with van der Waals surface area (Å²) >= 11 is 0. The van der Waals surface area contributed by atoms with E-state index in [9.17, 15) is 0 Å². The number of benzene rings is 2. The second kappa shape index (κ2) is 8.89. The van der Waals surface area contributed by atoms with E-state index in [4.69, 9.17) is 0 Å². The monoisotopic (exact) mass is 307 g/mol. The first-order valence-electron chi connectivity index (χ1n) is 8.20. The number of allylic oxidation sites excluding steroid dienone is 1. The lowest BCUT2D eigenvalue weighted by Gasteiger charge is -2.04. The zero-order valence-electron chi connectivity index (χ0n) is 14.0. The van der Waals surface area contributed by atoms with Gasteiger partial charge in [-0.25, -0.2) is 0 Å². The maximum absolute atomic E-state index is 4.29. The molecule has 2 aromatic carbocycles. The van der Waals surface area contributed by atoms with Gasteiger partial charge in [-0.1, -0.05) is 38.5 Å². The van der Waals surface area contributed by atoms with Gasteiger partial charge in [-0.05, 0) is 61.7 Å². The second-order valence-corrected chi connectivity index (χ2v) is 5.78. The number of hydrogen-bond acceptors (Lipinski definition) is 3. The molecule has 0 amide bonds. The van der Waals surface area contributed by atoms with Gasteiger partial charge in [-0.2, -0.15) is 10.2 Å². The lowest BCUT2D eigenvalue weighted by atomic mass is 10.1. The Kier molecular flexibility index (Phi) is 6.55. The summed E-state index contributed by atoms with van der Waals surface area (Å²) in [5.74, 6) is 0. The van der Waals surface area contributed by atoms with Gasteiger partial charge in [-0.3, -0.25) is 0 Å². The van der Waals surface area contributed by atoms with E-state index in [-0.39, 0.29) is 0 Å². The smallest absolute Gasteiger partial charge is 0.0858 e. The molecule has 1 N–H and O–H groups in total. The first-order chi connectivity index (χ1) is 11.2. The van der Waals surface area contributed by atoms with Crippen LogP contribution in [-0.2, 0) is 6.42 Å². The average molecular weight is 307 g/mol. The van der Waals surface area contributed by atoms with Crippen molar-refractivity contribution in [3.63, 3.8) is 0 Å². The van der Waals surface area contributed by atoms with E-state index in [1.165, 1.54) is 24.8 Å². The van der Waals surface area contributed by atoms with Crippen LogP contribution < -0.4 is 5.32 Å². The predicted molar refractivity (Wildman–Crippen MR) is 98.7 cm³/mol. The molecule has 0 aromatic heterocycles. The van der Waals surface area contributed by atoms with Crippen molar-refractivity contribution < 1.29 is 0 Å². The van der Waals surface area contributed by atoms with E-state index < -0.39 is 0 Å². The Morgan fingerprint density at radius 3 is 2.00 bits per heavy atom. The molecule has 0 aliphatic rings. The maximum Gasteiger partial charge on any atom is 0.0858 e. The Hall–Kier alpha value is -2.42. The quantitative estimate of drug-likeness (QED) is 0.423. The van der Waals surface area contributed by atoms with Crippen LogP contribution in [-0.4, -0.2) is 0 Å². The minimum Gasteiger partial charge on any atom is -0.360 e. The van der Waals surface area contributed by atoms with Gasteiger partial charge < -0.3 is 5.32 Å². The van der Waals surface area contributed by atoms with E-state index in [0.717, 1.165) is 29.2 Å². The number of azo groups is 1. The van der Waals surface area contributed by atoms with Crippen LogP contribution in [0.1, 0.15) is 38.7 Å². The van der Waals surface area contributed by atoms with Crippen molar-refractivity contribution in [2.45, 2.75) is 39.5 Å². The highest BCUT2D eigenvalue weighted by Gasteiger charge is 1.96. The van der Waals surface area contributed by atoms with Crippen molar-refractivity contribution in [3.8, 4) is 0 Å². The van der Waals surface area contributed by atoms with E-state index >= 15 is 0 Å². The number of nitrogens with zero attached hydrogens (tertiary/aromatic N) is 2. The summed E-state index contributed by atoms with van der Waals surface area (Å²) in [6, 6.07) is 16.2. The minimum atomic E-state index is 0.837. The summed E-state index contributed by atoms with van der Waals surface area (Å²) in [5, 5.41) is 11.7. The van der Waals surface area contributed by atoms with Gasteiger partial charge in [0, 0.05) is 11.4 Å². The maximum atomic E-state index is 4.29. The summed E-state index contributed by atoms with van der Waals surface area (Å²) in [5.41, 5.74) is 5.01. The van der Waals surface area contributed by atoms with E-state index in [2.05, 4.69) is 41.2 Å². The molecule has 0 atom stereocenters. The zero-order chi connectivity index (χ0) is 16.5. The molecule has 0 fully saturated rings. The van der Waals surface area contributed by atoms with Gasteiger partial charge in [0.05, 0.1) is 11.4 Å². The van der Waals surface area contributed by atoms with E-state index in [1.807, 2.05) is 43.3 Å². The Bertz CT molecular complexity index is 640. The molecule has 0 saturated carbocycles. The van der Waals surface area contributed by atoms with Crippen LogP contribution in [0.5, 0.6) is 0 Å². The molecule has 3 heteroatoms. The topological polar surface area (TPSA) is 36.8 Å². The minimum absolute atomic E-state index is 0.837. The summed E-state index contributed by atoms with van der Waals surface area (Å²) in [6.07, 6.45) is 4.94. The van der Waals surface area contributed by atoms with E-state index in [1.54, 1.807) is 0 Å². The molecule has 0 unspecified atom stereocenters. The lowest BCUT2D eigenvalue weighted by Crippen LogP contribution is -1.91. The molecule has 3 nitrogen and oxygen atoms in total. The van der Waals surface area contributed by atoms with Gasteiger partial charge >= 0.3 is 0 Å². The molecular weight excluding hydrogens is 282 g/mol. The summed E-state index contributed by atoms with van der Waals surface area (Å²) < 4.78 is 0. The number of rotatable bonds is 8. The third kappa shape index (κ3) is 6.07. The van der Waals surface area contributed by atoms with Crippen LogP contribution >= 0.6 is 0 Å². The van der Waals surface area contributed by atoms with Crippen LogP contribution in [0.15, 0.2) is 71.0 Å². The molecule has 0 radical (unpaired) electrons. The molecule has 23 heavy (non-hydrogen) atoms. The molecule has 0 saturated heterocycles. The third-order valence-corrected chi connectivity index (χ3v) is 3.51. The molecular formula is C20H25N3. The number of aryl methyl sites for hydroxylation is 1. The van der Waals surface area contributed by atoms with Crippen molar-refractivity contribution in [2.24, 2.45) is 10.2 Å². The number of hydrogen-bond donors (Lipinski definition) is 1. The van der Waals surface area contributed by atoms with Crippen LogP contribution in [0.3, 0.4) is 0 Å². The molecule has 0 bridgehead atoms. The van der Waals surface area contributed by atoms with Crippen molar-refractivity contribution >= 4 is 17.1 Å². The SMILES string of the molecule is C=C(C)Nc1ccc(N=Nc2ccc(CCCCC)cc2)cc1. The van der Waals surface area contributed by atoms with Crippen LogP contribution in [0.25, 0.3) is 0 Å². The molecule has 0 aliphatic carbocycles. The fraction of sp³-hybridized carbons (Fsp3) is 0.300. The predicted octanol–water partition coefficient (Wildman–Crippen LogP) is 6.78. The van der Waals surface area contributed by atoms with Crippen LogP contribution in [0.4, 0.5) is 17.1 Å². The fourth-order valence-electron chi connectivity index (χ4n) is 2.28. The number of anilines is 1. The Morgan fingerprint density at radius 1 is 0.913 bits per heavy atom. The molecule has 2 aromatic rings. The highest BCUT2D eigenvalue weighted by molar-refractivity contribution is 5.53. The molecule has 120 valence electrons. The molecule has 0 aliphatic heterocycles. The second-order valence-electron chi connectivity index (χ2n) is 5.78. The average Bonchev–Trinajstić information content (AvgIpc) is 2.55. The summed E-state index contributed by atoms with van der Waals surface area (Å²) in [4.78, 5) is 0. The fourth-order valence-corrected chi connectivity index (χ4v) is 2.28. The first kappa shape index (κ1) is 16.9. The van der Waals surface area contributed by atoms with Crippen molar-refractivity contribution in [1.82, 2.24) is 0 Å². The van der Waals surface area contributed by atoms with Gasteiger partial charge in [0.25, 0.3) is 0 Å². The number of nitrogens with one attached hydrogen (secondary N) is 1. The van der Waals surface area contributed by atoms with Crippen LogP contribution in [0, 0.1) is 0 Å². The highest BCUT2D eigenvalue weighted by atomic mass is 15.1. The molecule has 2 rings (SSSR count). The first-order valence-corrected chi connectivity index (χ1v) is 8.20. The van der Waals surface area contributed by atoms with Gasteiger partial charge in [0.1, 0.15) is 0 Å². The van der Waals surface area contributed by atoms with Gasteiger partial charge in [0.15, 0.2) is 0 Å². The largest absolute Gasteiger partial charge is 0.360 e. The van der Waals surface area contributed by atoms with Gasteiger partial charge in [0.2, 0.25) is 0 Å². The van der Waals surface area contributed by atoms with Crippen molar-refractivity contribution in [2.75, 3.05) is 5.32 Å². The highest BCUT2D eigenvalue weighted by Crippen LogP contribution is 2.21. The zero-order valence-corrected chi connectivity index (χ0v) is 14.0. The number of unbranched alkanes of at least 4 members (excludes halogenated alkanes) is 2. The third-order valence-electron chi connectivity index (χ3n) is 3.51. The van der Waals surface area contributed by atoms with E-state index in [0.29, 0.717) is 0 Å². The van der Waals surface area contributed by atoms with Crippen molar-refractivity contribution in [3.05, 3.63) is 66.4 Å². The standard InChI is InChI=1S/C20H25N3/c1-4-5-6-7-17-8-10-19(11-9-17)22-23-20-14-12-18(13-15-20)21-16(2)3/h8-15,21H,2,4-7H2,1,3H3. The lowest BCUT2D eigenvalue weighted by molar-refractivity contribution is 0.717. The molecule has 0 spiro atoms. The van der Waals surface area contributed by atoms with Crippen molar-refractivity contribution in [1.29, 1.82) is 0 Å². The van der Waals surface area contributed by atoms with Gasteiger partial charge in [-0.15, -0.1) is 0 Å². The summed E-state index contributed by atoms with van der Waals surface area (Å²) in [6.45, 7) is 7.98. The summed E-state index contributed by atoms with van der Waals surface area (Å²) in [7, 11) is 0. The van der Waals surface area contributed by atoms with Crippen LogP contribution in [0.2, 0.25) is 0 Å². The Labute approximate surface area is 139 Å².